The second-order valence-corrected chi connectivity index (χ2v) is 7.17. The van der Waals surface area contributed by atoms with Crippen molar-refractivity contribution in [3.05, 3.63) is 87.7 Å². The Hall–Kier alpha value is -2.97. The molecule has 0 N–H and O–H groups in total. The Morgan fingerprint density at radius 3 is 2.57 bits per heavy atom. The van der Waals surface area contributed by atoms with Crippen molar-refractivity contribution in [3.8, 4) is 5.69 Å². The number of rotatable bonds is 5. The fraction of sp³-hybridized carbons (Fsp3) is 0.0526. The van der Waals surface area contributed by atoms with Crippen LogP contribution in [0.25, 0.3) is 11.3 Å². The van der Waals surface area contributed by atoms with E-state index in [-0.39, 0.29) is 23.0 Å². The maximum absolute atomic E-state index is 13.1. The molecule has 0 spiro atoms. The van der Waals surface area contributed by atoms with Crippen LogP contribution in [0.2, 0.25) is 5.02 Å². The maximum atomic E-state index is 13.1. The summed E-state index contributed by atoms with van der Waals surface area (Å²) in [6.45, 7) is 0. The van der Waals surface area contributed by atoms with E-state index in [0.29, 0.717) is 21.4 Å². The lowest BCUT2D eigenvalue weighted by atomic mass is 10.1. The Labute approximate surface area is 167 Å². The second kappa shape index (κ2) is 7.57. The topological polar surface area (TPSA) is 69.3 Å². The van der Waals surface area contributed by atoms with Gasteiger partial charge in [0, 0.05) is 23.6 Å². The molecule has 0 fully saturated rings. The van der Waals surface area contributed by atoms with Gasteiger partial charge in [-0.1, -0.05) is 35.5 Å². The average molecular weight is 415 g/mol. The van der Waals surface area contributed by atoms with Crippen LogP contribution in [0.15, 0.2) is 70.9 Å². The van der Waals surface area contributed by atoms with Gasteiger partial charge in [-0.2, -0.15) is 0 Å². The van der Waals surface area contributed by atoms with Gasteiger partial charge < -0.3 is 0 Å². The van der Waals surface area contributed by atoms with Gasteiger partial charge in [-0.3, -0.25) is 18.6 Å². The van der Waals surface area contributed by atoms with Crippen molar-refractivity contribution in [2.45, 2.75) is 5.16 Å². The standard InChI is InChI=1S/C19H12ClFN4O2S/c20-15-4-2-1-3-14(15)16(26)11-28-19-23-22-17-18(27)24(9-10-25(17)19)13-7-5-12(21)6-8-13/h1-10H,11H2. The van der Waals surface area contributed by atoms with Gasteiger partial charge in [0.1, 0.15) is 5.82 Å². The van der Waals surface area contributed by atoms with Gasteiger partial charge in [0.15, 0.2) is 10.9 Å². The van der Waals surface area contributed by atoms with E-state index in [1.165, 1.54) is 33.2 Å². The maximum Gasteiger partial charge on any atom is 0.300 e. The number of thioether (sulfide) groups is 1. The summed E-state index contributed by atoms with van der Waals surface area (Å²) in [5, 5.41) is 8.75. The average Bonchev–Trinajstić information content (AvgIpc) is 3.12. The van der Waals surface area contributed by atoms with Crippen LogP contribution in [0.1, 0.15) is 10.4 Å². The van der Waals surface area contributed by atoms with Crippen molar-refractivity contribution in [2.75, 3.05) is 5.75 Å². The second-order valence-electron chi connectivity index (χ2n) is 5.82. The molecule has 0 aliphatic heterocycles. The van der Waals surface area contributed by atoms with E-state index >= 15 is 0 Å². The zero-order valence-electron chi connectivity index (χ0n) is 14.3. The molecule has 0 atom stereocenters. The van der Waals surface area contributed by atoms with Gasteiger partial charge in [-0.15, -0.1) is 10.2 Å². The number of ketones is 1. The third-order valence-corrected chi connectivity index (χ3v) is 5.32. The highest BCUT2D eigenvalue weighted by Gasteiger charge is 2.15. The minimum atomic E-state index is -0.397. The first-order valence-electron chi connectivity index (χ1n) is 8.17. The van der Waals surface area contributed by atoms with Crippen molar-refractivity contribution in [2.24, 2.45) is 0 Å². The molecule has 2 heterocycles. The minimum absolute atomic E-state index is 0.103. The first-order valence-corrected chi connectivity index (χ1v) is 9.54. The largest absolute Gasteiger partial charge is 0.300 e. The van der Waals surface area contributed by atoms with Crippen LogP contribution in [0, 0.1) is 5.82 Å². The van der Waals surface area contributed by atoms with Gasteiger partial charge in [0.2, 0.25) is 5.65 Å². The van der Waals surface area contributed by atoms with Crippen LogP contribution in [0.5, 0.6) is 0 Å². The van der Waals surface area contributed by atoms with Crippen LogP contribution < -0.4 is 5.56 Å². The molecule has 28 heavy (non-hydrogen) atoms. The summed E-state index contributed by atoms with van der Waals surface area (Å²) in [4.78, 5) is 25.1. The van der Waals surface area contributed by atoms with E-state index in [2.05, 4.69) is 10.2 Å². The van der Waals surface area contributed by atoms with Crippen molar-refractivity contribution in [3.63, 3.8) is 0 Å². The summed E-state index contributed by atoms with van der Waals surface area (Å²) in [7, 11) is 0. The number of fused-ring (bicyclic) bond motifs is 1. The molecular weight excluding hydrogens is 403 g/mol. The number of hydrogen-bond acceptors (Lipinski definition) is 5. The molecule has 0 aliphatic rings. The number of aromatic nitrogens is 4. The molecule has 4 rings (SSSR count). The molecule has 0 saturated carbocycles. The summed E-state index contributed by atoms with van der Waals surface area (Å²) in [5.74, 6) is -0.430. The predicted molar refractivity (Wildman–Crippen MR) is 105 cm³/mol. The summed E-state index contributed by atoms with van der Waals surface area (Å²) in [6, 6.07) is 12.4. The molecule has 6 nitrogen and oxygen atoms in total. The highest BCUT2D eigenvalue weighted by molar-refractivity contribution is 7.99. The van der Waals surface area contributed by atoms with Crippen molar-refractivity contribution >= 4 is 34.8 Å². The fourth-order valence-electron chi connectivity index (χ4n) is 2.66. The van der Waals surface area contributed by atoms with Crippen LogP contribution >= 0.6 is 23.4 Å². The van der Waals surface area contributed by atoms with Gasteiger partial charge >= 0.3 is 5.56 Å². The monoisotopic (exact) mass is 414 g/mol. The molecule has 0 unspecified atom stereocenters. The lowest BCUT2D eigenvalue weighted by molar-refractivity contribution is 0.102. The molecule has 2 aromatic carbocycles. The lowest BCUT2D eigenvalue weighted by Crippen LogP contribution is -2.20. The lowest BCUT2D eigenvalue weighted by Gasteiger charge is -2.06. The molecule has 140 valence electrons. The first kappa shape index (κ1) is 18.4. The number of hydrogen-bond donors (Lipinski definition) is 0. The Balaban J connectivity index is 1.61. The van der Waals surface area contributed by atoms with Crippen LogP contribution in [-0.4, -0.2) is 30.7 Å². The van der Waals surface area contributed by atoms with Crippen molar-refractivity contribution in [1.29, 1.82) is 0 Å². The highest BCUT2D eigenvalue weighted by atomic mass is 35.5. The number of carbonyl (C=O) groups excluding carboxylic acids is 1. The molecule has 0 aliphatic carbocycles. The molecule has 9 heteroatoms. The SMILES string of the molecule is O=C(CSc1nnc2c(=O)n(-c3ccc(F)cc3)ccn12)c1ccccc1Cl. The molecule has 4 aromatic rings. The van der Waals surface area contributed by atoms with E-state index in [9.17, 15) is 14.0 Å². The number of benzene rings is 2. The summed E-state index contributed by atoms with van der Waals surface area (Å²) in [5.41, 5.74) is 0.662. The Morgan fingerprint density at radius 1 is 1.07 bits per heavy atom. The smallest absolute Gasteiger partial charge is 0.293 e. The normalized spacial score (nSPS) is 11.1. The van der Waals surface area contributed by atoms with Crippen molar-refractivity contribution < 1.29 is 9.18 Å². The van der Waals surface area contributed by atoms with Crippen LogP contribution in [-0.2, 0) is 0 Å². The molecule has 0 saturated heterocycles. The van der Waals surface area contributed by atoms with Gasteiger partial charge in [-0.05, 0) is 36.4 Å². The van der Waals surface area contributed by atoms with Gasteiger partial charge in [-0.25, -0.2) is 4.39 Å². The number of nitrogens with zero attached hydrogens (tertiary/aromatic N) is 4. The Kier molecular flexibility index (Phi) is 4.97. The van der Waals surface area contributed by atoms with Crippen LogP contribution in [0.4, 0.5) is 4.39 Å². The molecule has 0 bridgehead atoms. The predicted octanol–water partition coefficient (Wildman–Crippen LogP) is 3.65. The quantitative estimate of drug-likeness (QED) is 0.368. The van der Waals surface area contributed by atoms with E-state index in [1.54, 1.807) is 36.7 Å². The van der Waals surface area contributed by atoms with Gasteiger partial charge in [0.05, 0.1) is 10.8 Å². The fourth-order valence-corrected chi connectivity index (χ4v) is 3.71. The molecule has 0 radical (unpaired) electrons. The molecular formula is C19H12ClFN4O2S. The Morgan fingerprint density at radius 2 is 1.82 bits per heavy atom. The number of halogens is 2. The third kappa shape index (κ3) is 3.44. The number of carbonyl (C=O) groups is 1. The highest BCUT2D eigenvalue weighted by Crippen LogP contribution is 2.21. The first-order chi connectivity index (χ1) is 13.5. The molecule has 0 amide bonds. The van der Waals surface area contributed by atoms with E-state index < -0.39 is 5.56 Å². The van der Waals surface area contributed by atoms with E-state index in [4.69, 9.17) is 11.6 Å². The summed E-state index contributed by atoms with van der Waals surface area (Å²) >= 11 is 7.21. The Bertz CT molecular complexity index is 1240. The summed E-state index contributed by atoms with van der Waals surface area (Å²) < 4.78 is 16.0. The number of Topliss-reactive ketones (excluding diaryl/α,β-unsaturated/α-hetero) is 1. The minimum Gasteiger partial charge on any atom is -0.293 e. The van der Waals surface area contributed by atoms with Crippen LogP contribution in [0.3, 0.4) is 0 Å². The summed E-state index contributed by atoms with van der Waals surface area (Å²) in [6.07, 6.45) is 3.17. The van der Waals surface area contributed by atoms with E-state index in [1.807, 2.05) is 0 Å². The van der Waals surface area contributed by atoms with Gasteiger partial charge in [0.25, 0.3) is 0 Å². The zero-order valence-corrected chi connectivity index (χ0v) is 15.8. The van der Waals surface area contributed by atoms with E-state index in [0.717, 1.165) is 11.8 Å². The molecule has 2 aromatic heterocycles. The van der Waals surface area contributed by atoms with Crippen molar-refractivity contribution in [1.82, 2.24) is 19.2 Å². The third-order valence-electron chi connectivity index (χ3n) is 4.05. The zero-order chi connectivity index (χ0) is 19.7.